The maximum absolute atomic E-state index is 11.8. The number of nitrogens with zero attached hydrogens (tertiary/aromatic N) is 2. The third-order valence-electron chi connectivity index (χ3n) is 2.56. The number of hydrogen-bond acceptors (Lipinski definition) is 3. The second kappa shape index (κ2) is 6.45. The molecule has 0 aromatic rings. The zero-order valence-electron chi connectivity index (χ0n) is 11.5. The minimum Gasteiger partial charge on any atom is -0.444 e. The molecule has 1 saturated heterocycles. The summed E-state index contributed by atoms with van der Waals surface area (Å²) in [7, 11) is 4.13. The Hall–Kier alpha value is -0.480. The van der Waals surface area contributed by atoms with E-state index in [1.165, 1.54) is 0 Å². The monoisotopic (exact) mass is 264 g/mol. The number of carbonyl (C=O) groups excluding carboxylic acids is 1. The molecule has 102 valence electrons. The lowest BCUT2D eigenvalue weighted by Gasteiger charge is -2.24. The van der Waals surface area contributed by atoms with Gasteiger partial charge >= 0.3 is 6.09 Å². The van der Waals surface area contributed by atoms with Gasteiger partial charge in [0.05, 0.1) is 0 Å². The lowest BCUT2D eigenvalue weighted by atomic mass is 10.1. The van der Waals surface area contributed by atoms with Gasteiger partial charge < -0.3 is 14.5 Å². The molecule has 4 nitrogen and oxygen atoms in total. The molecule has 0 bridgehead atoms. The van der Waals surface area contributed by atoms with Gasteiger partial charge in [0.25, 0.3) is 0 Å². The van der Waals surface area contributed by atoms with E-state index in [1.54, 1.807) is 0 Å². The molecule has 17 heavy (non-hydrogen) atoms. The van der Waals surface area contributed by atoms with Crippen LogP contribution in [0.2, 0.25) is 0 Å². The predicted molar refractivity (Wildman–Crippen MR) is 71.7 cm³/mol. The SMILES string of the molecule is CN(C)C[C@H]1CCN(C(=O)OC(C)(C)C)C1.Cl. The molecular formula is C12H25ClN2O2. The molecule has 0 saturated carbocycles. The molecule has 0 aliphatic carbocycles. The van der Waals surface area contributed by atoms with Crippen molar-refractivity contribution < 1.29 is 9.53 Å². The minimum absolute atomic E-state index is 0. The molecule has 0 radical (unpaired) electrons. The lowest BCUT2D eigenvalue weighted by Crippen LogP contribution is -2.36. The average molecular weight is 265 g/mol. The number of rotatable bonds is 2. The summed E-state index contributed by atoms with van der Waals surface area (Å²) in [6, 6.07) is 0. The molecule has 0 spiro atoms. The summed E-state index contributed by atoms with van der Waals surface area (Å²) in [5, 5.41) is 0. The van der Waals surface area contributed by atoms with Crippen LogP contribution in [-0.4, -0.2) is 55.2 Å². The molecule has 1 heterocycles. The highest BCUT2D eigenvalue weighted by Crippen LogP contribution is 2.19. The van der Waals surface area contributed by atoms with Crippen molar-refractivity contribution in [3.8, 4) is 0 Å². The molecular weight excluding hydrogens is 240 g/mol. The summed E-state index contributed by atoms with van der Waals surface area (Å²) < 4.78 is 5.35. The summed E-state index contributed by atoms with van der Waals surface area (Å²) >= 11 is 0. The molecule has 1 aliphatic rings. The van der Waals surface area contributed by atoms with Crippen molar-refractivity contribution in [1.29, 1.82) is 0 Å². The van der Waals surface area contributed by atoms with Crippen molar-refractivity contribution >= 4 is 18.5 Å². The average Bonchev–Trinajstić information content (AvgIpc) is 2.48. The maximum Gasteiger partial charge on any atom is 0.410 e. The van der Waals surface area contributed by atoms with Gasteiger partial charge in [-0.3, -0.25) is 0 Å². The van der Waals surface area contributed by atoms with Crippen LogP contribution >= 0.6 is 12.4 Å². The van der Waals surface area contributed by atoms with E-state index in [2.05, 4.69) is 19.0 Å². The normalized spacial score (nSPS) is 20.4. The summed E-state index contributed by atoms with van der Waals surface area (Å²) in [5.41, 5.74) is -0.392. The van der Waals surface area contributed by atoms with Crippen molar-refractivity contribution in [2.24, 2.45) is 5.92 Å². The van der Waals surface area contributed by atoms with Gasteiger partial charge in [0.1, 0.15) is 5.60 Å². The van der Waals surface area contributed by atoms with Crippen molar-refractivity contribution in [3.63, 3.8) is 0 Å². The highest BCUT2D eigenvalue weighted by Gasteiger charge is 2.29. The quantitative estimate of drug-likeness (QED) is 0.767. The first kappa shape index (κ1) is 16.5. The molecule has 0 aromatic carbocycles. The molecule has 1 fully saturated rings. The van der Waals surface area contributed by atoms with Gasteiger partial charge in [-0.15, -0.1) is 12.4 Å². The summed E-state index contributed by atoms with van der Waals surface area (Å²) in [5.74, 6) is 0.586. The van der Waals surface area contributed by atoms with Crippen LogP contribution < -0.4 is 0 Å². The van der Waals surface area contributed by atoms with Crippen molar-refractivity contribution in [3.05, 3.63) is 0 Å². The first-order valence-electron chi connectivity index (χ1n) is 5.90. The van der Waals surface area contributed by atoms with Gasteiger partial charge in [-0.1, -0.05) is 0 Å². The fourth-order valence-corrected chi connectivity index (χ4v) is 1.99. The van der Waals surface area contributed by atoms with Crippen LogP contribution in [0.3, 0.4) is 0 Å². The molecule has 1 rings (SSSR count). The van der Waals surface area contributed by atoms with Gasteiger partial charge in [0, 0.05) is 19.6 Å². The predicted octanol–water partition coefficient (Wildman–Crippen LogP) is 2.23. The molecule has 0 unspecified atom stereocenters. The zero-order chi connectivity index (χ0) is 12.3. The summed E-state index contributed by atoms with van der Waals surface area (Å²) in [6.07, 6.45) is 0.908. The highest BCUT2D eigenvalue weighted by atomic mass is 35.5. The molecule has 1 amide bonds. The Morgan fingerprint density at radius 1 is 1.41 bits per heavy atom. The Kier molecular flexibility index (Phi) is 6.27. The third kappa shape index (κ3) is 6.13. The number of ether oxygens (including phenoxy) is 1. The first-order valence-corrected chi connectivity index (χ1v) is 5.90. The van der Waals surface area contributed by atoms with E-state index in [-0.39, 0.29) is 18.5 Å². The Labute approximate surface area is 111 Å². The smallest absolute Gasteiger partial charge is 0.410 e. The zero-order valence-corrected chi connectivity index (χ0v) is 12.3. The van der Waals surface area contributed by atoms with Gasteiger partial charge in [0.2, 0.25) is 0 Å². The summed E-state index contributed by atoms with van der Waals surface area (Å²) in [4.78, 5) is 15.8. The van der Waals surface area contributed by atoms with Gasteiger partial charge in [-0.2, -0.15) is 0 Å². The van der Waals surface area contributed by atoms with Gasteiger partial charge in [-0.05, 0) is 47.2 Å². The lowest BCUT2D eigenvalue weighted by molar-refractivity contribution is 0.0286. The number of amides is 1. The fraction of sp³-hybridized carbons (Fsp3) is 0.917. The molecule has 0 N–H and O–H groups in total. The third-order valence-corrected chi connectivity index (χ3v) is 2.56. The van der Waals surface area contributed by atoms with Crippen LogP contribution in [0.5, 0.6) is 0 Å². The standard InChI is InChI=1S/C12H24N2O2.ClH/c1-12(2,3)16-11(15)14-7-6-10(9-14)8-13(4)5;/h10H,6-9H2,1-5H3;1H/t10-;/m1./s1. The molecule has 1 aliphatic heterocycles. The first-order chi connectivity index (χ1) is 7.28. The van der Waals surface area contributed by atoms with Crippen LogP contribution in [-0.2, 0) is 4.74 Å². The van der Waals surface area contributed by atoms with E-state index in [0.717, 1.165) is 26.1 Å². The Bertz CT molecular complexity index is 251. The van der Waals surface area contributed by atoms with E-state index in [1.807, 2.05) is 25.7 Å². The number of carbonyl (C=O) groups is 1. The van der Waals surface area contributed by atoms with E-state index in [0.29, 0.717) is 5.92 Å². The summed E-state index contributed by atoms with van der Waals surface area (Å²) in [6.45, 7) is 8.40. The van der Waals surface area contributed by atoms with Crippen LogP contribution in [0.15, 0.2) is 0 Å². The van der Waals surface area contributed by atoms with E-state index >= 15 is 0 Å². The topological polar surface area (TPSA) is 32.8 Å². The Balaban J connectivity index is 0.00000256. The van der Waals surface area contributed by atoms with Crippen LogP contribution in [0.1, 0.15) is 27.2 Å². The van der Waals surface area contributed by atoms with Crippen molar-refractivity contribution in [2.45, 2.75) is 32.8 Å². The van der Waals surface area contributed by atoms with Crippen LogP contribution in [0.4, 0.5) is 4.79 Å². The van der Waals surface area contributed by atoms with E-state index in [9.17, 15) is 4.79 Å². The Morgan fingerprint density at radius 3 is 2.47 bits per heavy atom. The number of halogens is 1. The van der Waals surface area contributed by atoms with Crippen molar-refractivity contribution in [1.82, 2.24) is 9.80 Å². The largest absolute Gasteiger partial charge is 0.444 e. The number of likely N-dealkylation sites (tertiary alicyclic amines) is 1. The van der Waals surface area contributed by atoms with Crippen LogP contribution in [0.25, 0.3) is 0 Å². The fourth-order valence-electron chi connectivity index (χ4n) is 1.99. The number of hydrogen-bond donors (Lipinski definition) is 0. The van der Waals surface area contributed by atoms with E-state index in [4.69, 9.17) is 4.74 Å². The maximum atomic E-state index is 11.8. The van der Waals surface area contributed by atoms with E-state index < -0.39 is 5.60 Å². The second-order valence-corrected chi connectivity index (χ2v) is 5.84. The molecule has 0 aromatic heterocycles. The van der Waals surface area contributed by atoms with Gasteiger partial charge in [0.15, 0.2) is 0 Å². The van der Waals surface area contributed by atoms with Gasteiger partial charge in [-0.25, -0.2) is 4.79 Å². The van der Waals surface area contributed by atoms with Crippen molar-refractivity contribution in [2.75, 3.05) is 33.7 Å². The molecule has 1 atom stereocenters. The minimum atomic E-state index is -0.392. The second-order valence-electron chi connectivity index (χ2n) is 5.84. The Morgan fingerprint density at radius 2 is 2.00 bits per heavy atom. The molecule has 5 heteroatoms. The van der Waals surface area contributed by atoms with Crippen LogP contribution in [0, 0.1) is 5.92 Å². The highest BCUT2D eigenvalue weighted by molar-refractivity contribution is 5.85.